The zero-order valence-corrected chi connectivity index (χ0v) is 25.6. The first kappa shape index (κ1) is 27.0. The second kappa shape index (κ2) is 11.2. The molecule has 0 unspecified atom stereocenters. The molecule has 0 aliphatic carbocycles. The quantitative estimate of drug-likeness (QED) is 0.184. The SMILES string of the molecule is c1ccc(-c2nc3ccccc3n2-c2ccccc2-c2c3ccccc3c(-c3ccccc3-c3ccccn3)c3ccccc23)cc1. The molecule has 3 nitrogen and oxygen atoms in total. The van der Waals surface area contributed by atoms with Crippen LogP contribution in [0.25, 0.3) is 83.2 Å². The van der Waals surface area contributed by atoms with E-state index < -0.39 is 0 Å². The molecule has 0 spiro atoms. The molecule has 9 aromatic rings. The van der Waals surface area contributed by atoms with Gasteiger partial charge in [0.15, 0.2) is 0 Å². The average Bonchev–Trinajstić information content (AvgIpc) is 3.54. The van der Waals surface area contributed by atoms with E-state index in [-0.39, 0.29) is 0 Å². The van der Waals surface area contributed by atoms with Crippen molar-refractivity contribution in [2.75, 3.05) is 0 Å². The summed E-state index contributed by atoms with van der Waals surface area (Å²) in [5.74, 6) is 0.925. The molecule has 47 heavy (non-hydrogen) atoms. The lowest BCUT2D eigenvalue weighted by Crippen LogP contribution is -2.01. The maximum Gasteiger partial charge on any atom is 0.145 e. The van der Waals surface area contributed by atoms with Crippen molar-refractivity contribution < 1.29 is 0 Å². The fourth-order valence-corrected chi connectivity index (χ4v) is 7.09. The van der Waals surface area contributed by atoms with E-state index in [1.165, 1.54) is 38.2 Å². The smallest absolute Gasteiger partial charge is 0.145 e. The third kappa shape index (κ3) is 4.44. The van der Waals surface area contributed by atoms with Gasteiger partial charge >= 0.3 is 0 Å². The topological polar surface area (TPSA) is 30.7 Å². The molecule has 0 radical (unpaired) electrons. The lowest BCUT2D eigenvalue weighted by molar-refractivity contribution is 1.10. The van der Waals surface area contributed by atoms with Crippen LogP contribution in [-0.4, -0.2) is 14.5 Å². The normalized spacial score (nSPS) is 11.4. The minimum absolute atomic E-state index is 0.925. The molecule has 0 saturated heterocycles. The Morgan fingerprint density at radius 2 is 0.936 bits per heavy atom. The van der Waals surface area contributed by atoms with Gasteiger partial charge in [0.05, 0.1) is 22.4 Å². The lowest BCUT2D eigenvalue weighted by Gasteiger charge is -2.21. The largest absolute Gasteiger partial charge is 0.292 e. The van der Waals surface area contributed by atoms with E-state index in [1.807, 2.05) is 12.3 Å². The van der Waals surface area contributed by atoms with Crippen LogP contribution >= 0.6 is 0 Å². The van der Waals surface area contributed by atoms with Crippen LogP contribution in [0.1, 0.15) is 0 Å². The highest BCUT2D eigenvalue weighted by Gasteiger charge is 2.22. The standard InChI is InChI=1S/C44H29N3/c1-2-16-30(17-3-1)44-46-39-26-11-13-28-41(39)47(44)40-27-12-10-24-37(40)43-35-22-8-6-20-33(35)42(34-21-7-9-23-36(34)43)32-19-5-4-18-31(32)38-25-14-15-29-45-38/h1-29H. The third-order valence-electron chi connectivity index (χ3n) is 9.08. The molecule has 3 heteroatoms. The Kier molecular flexibility index (Phi) is 6.46. The van der Waals surface area contributed by atoms with Crippen LogP contribution in [0.5, 0.6) is 0 Å². The second-order valence-corrected chi connectivity index (χ2v) is 11.7. The summed E-state index contributed by atoms with van der Waals surface area (Å²) in [6.45, 7) is 0. The maximum absolute atomic E-state index is 5.17. The Balaban J connectivity index is 1.39. The highest BCUT2D eigenvalue weighted by molar-refractivity contribution is 6.23. The predicted molar refractivity (Wildman–Crippen MR) is 196 cm³/mol. The zero-order valence-electron chi connectivity index (χ0n) is 25.6. The summed E-state index contributed by atoms with van der Waals surface area (Å²) in [6, 6.07) is 60.1. The number of nitrogens with zero attached hydrogens (tertiary/aromatic N) is 3. The molecule has 0 bridgehead atoms. The molecule has 7 aromatic carbocycles. The van der Waals surface area contributed by atoms with Gasteiger partial charge in [-0.1, -0.05) is 140 Å². The summed E-state index contributed by atoms with van der Waals surface area (Å²) >= 11 is 0. The van der Waals surface area contributed by atoms with Crippen molar-refractivity contribution in [3.05, 3.63) is 176 Å². The fourth-order valence-electron chi connectivity index (χ4n) is 7.09. The predicted octanol–water partition coefficient (Wildman–Crippen LogP) is 11.4. The van der Waals surface area contributed by atoms with Crippen LogP contribution in [0.2, 0.25) is 0 Å². The highest BCUT2D eigenvalue weighted by Crippen LogP contribution is 2.47. The van der Waals surface area contributed by atoms with Crippen molar-refractivity contribution in [3.8, 4) is 50.6 Å². The van der Waals surface area contributed by atoms with Gasteiger partial charge in [-0.05, 0) is 68.6 Å². The molecule has 0 aliphatic heterocycles. The number of benzene rings is 7. The Morgan fingerprint density at radius 1 is 0.404 bits per heavy atom. The molecule has 0 aliphatic rings. The van der Waals surface area contributed by atoms with Gasteiger partial charge in [0.1, 0.15) is 5.82 Å². The minimum atomic E-state index is 0.925. The van der Waals surface area contributed by atoms with E-state index in [0.717, 1.165) is 44.9 Å². The molecule has 220 valence electrons. The van der Waals surface area contributed by atoms with E-state index in [0.29, 0.717) is 0 Å². The molecule has 0 saturated carbocycles. The van der Waals surface area contributed by atoms with Crippen molar-refractivity contribution in [2.24, 2.45) is 0 Å². The van der Waals surface area contributed by atoms with Crippen molar-refractivity contribution in [3.63, 3.8) is 0 Å². The van der Waals surface area contributed by atoms with Gasteiger partial charge in [-0.15, -0.1) is 0 Å². The minimum Gasteiger partial charge on any atom is -0.292 e. The summed E-state index contributed by atoms with van der Waals surface area (Å²) < 4.78 is 2.33. The summed E-state index contributed by atoms with van der Waals surface area (Å²) in [5, 5.41) is 4.82. The fraction of sp³-hybridized carbons (Fsp3) is 0. The van der Waals surface area contributed by atoms with E-state index in [1.54, 1.807) is 0 Å². The van der Waals surface area contributed by atoms with Gasteiger partial charge in [-0.25, -0.2) is 4.98 Å². The first-order valence-electron chi connectivity index (χ1n) is 15.9. The molecular weight excluding hydrogens is 571 g/mol. The number of para-hydroxylation sites is 3. The number of aromatic nitrogens is 3. The van der Waals surface area contributed by atoms with Crippen LogP contribution < -0.4 is 0 Å². The number of fused-ring (bicyclic) bond motifs is 3. The molecule has 9 rings (SSSR count). The maximum atomic E-state index is 5.17. The van der Waals surface area contributed by atoms with Crippen LogP contribution in [0.3, 0.4) is 0 Å². The first-order chi connectivity index (χ1) is 23.4. The number of hydrogen-bond donors (Lipinski definition) is 0. The molecule has 0 amide bonds. The van der Waals surface area contributed by atoms with Crippen molar-refractivity contribution in [2.45, 2.75) is 0 Å². The van der Waals surface area contributed by atoms with Gasteiger partial charge in [-0.2, -0.15) is 0 Å². The Bertz CT molecular complexity index is 2510. The Hall–Kier alpha value is -6.32. The van der Waals surface area contributed by atoms with E-state index in [4.69, 9.17) is 9.97 Å². The van der Waals surface area contributed by atoms with Crippen molar-refractivity contribution >= 4 is 32.6 Å². The summed E-state index contributed by atoms with van der Waals surface area (Å²) in [7, 11) is 0. The summed E-state index contributed by atoms with van der Waals surface area (Å²) in [4.78, 5) is 9.92. The van der Waals surface area contributed by atoms with Crippen molar-refractivity contribution in [1.82, 2.24) is 14.5 Å². The molecular formula is C44H29N3. The zero-order chi connectivity index (χ0) is 31.2. The number of hydrogen-bond acceptors (Lipinski definition) is 2. The Morgan fingerprint density at radius 3 is 1.62 bits per heavy atom. The van der Waals surface area contributed by atoms with Crippen LogP contribution in [-0.2, 0) is 0 Å². The number of imidazole rings is 1. The van der Waals surface area contributed by atoms with E-state index >= 15 is 0 Å². The van der Waals surface area contributed by atoms with E-state index in [2.05, 4.69) is 168 Å². The number of pyridine rings is 1. The summed E-state index contributed by atoms with van der Waals surface area (Å²) in [5.41, 5.74) is 11.1. The van der Waals surface area contributed by atoms with Crippen LogP contribution in [0, 0.1) is 0 Å². The third-order valence-corrected chi connectivity index (χ3v) is 9.08. The average molecular weight is 600 g/mol. The van der Waals surface area contributed by atoms with E-state index in [9.17, 15) is 0 Å². The molecule has 0 fully saturated rings. The highest BCUT2D eigenvalue weighted by atomic mass is 15.1. The molecule has 0 N–H and O–H groups in total. The molecule has 2 aromatic heterocycles. The molecule has 0 atom stereocenters. The van der Waals surface area contributed by atoms with Crippen LogP contribution in [0.4, 0.5) is 0 Å². The molecule has 2 heterocycles. The van der Waals surface area contributed by atoms with Gasteiger partial charge in [-0.3, -0.25) is 9.55 Å². The van der Waals surface area contributed by atoms with Gasteiger partial charge in [0, 0.05) is 22.9 Å². The summed E-state index contributed by atoms with van der Waals surface area (Å²) in [6.07, 6.45) is 1.87. The number of rotatable bonds is 5. The van der Waals surface area contributed by atoms with Crippen LogP contribution in [0.15, 0.2) is 176 Å². The van der Waals surface area contributed by atoms with Crippen molar-refractivity contribution in [1.29, 1.82) is 0 Å². The monoisotopic (exact) mass is 599 g/mol. The van der Waals surface area contributed by atoms with Gasteiger partial charge in [0.25, 0.3) is 0 Å². The first-order valence-corrected chi connectivity index (χ1v) is 15.9. The second-order valence-electron chi connectivity index (χ2n) is 11.7. The Labute approximate surface area is 273 Å². The lowest BCUT2D eigenvalue weighted by atomic mass is 9.84. The van der Waals surface area contributed by atoms with Gasteiger partial charge < -0.3 is 0 Å². The van der Waals surface area contributed by atoms with Gasteiger partial charge in [0.2, 0.25) is 0 Å².